The summed E-state index contributed by atoms with van der Waals surface area (Å²) in [7, 11) is 0. The first-order chi connectivity index (χ1) is 9.97. The van der Waals surface area contributed by atoms with Gasteiger partial charge in [-0.1, -0.05) is 18.2 Å². The minimum Gasteiger partial charge on any atom is -0.508 e. The highest BCUT2D eigenvalue weighted by Crippen LogP contribution is 2.28. The van der Waals surface area contributed by atoms with Gasteiger partial charge in [-0.05, 0) is 37.1 Å². The summed E-state index contributed by atoms with van der Waals surface area (Å²) in [5.41, 5.74) is 0.549. The highest BCUT2D eigenvalue weighted by Gasteiger charge is 2.19. The molecule has 0 aliphatic rings. The van der Waals surface area contributed by atoms with E-state index >= 15 is 0 Å². The van der Waals surface area contributed by atoms with E-state index in [0.717, 1.165) is 5.56 Å². The molecule has 0 radical (unpaired) electrons. The van der Waals surface area contributed by atoms with Crippen LogP contribution in [0.1, 0.15) is 12.5 Å². The third kappa shape index (κ3) is 3.68. The second kappa shape index (κ2) is 6.21. The number of halogens is 1. The summed E-state index contributed by atoms with van der Waals surface area (Å²) in [5.74, 6) is -0.481. The number of para-hydroxylation sites is 1. The maximum absolute atomic E-state index is 13.8. The molecule has 1 atom stereocenters. The zero-order valence-electron chi connectivity index (χ0n) is 11.4. The Balaban J connectivity index is 2.14. The summed E-state index contributed by atoms with van der Waals surface area (Å²) < 4.78 is 13.8. The number of hydrogen-bond donors (Lipinski definition) is 2. The van der Waals surface area contributed by atoms with Crippen LogP contribution in [0.4, 0.5) is 15.8 Å². The van der Waals surface area contributed by atoms with Gasteiger partial charge in [-0.2, -0.15) is 0 Å². The molecule has 6 heteroatoms. The molecule has 2 N–H and O–H groups in total. The van der Waals surface area contributed by atoms with Gasteiger partial charge in [0.1, 0.15) is 11.4 Å². The zero-order valence-corrected chi connectivity index (χ0v) is 11.4. The molecule has 0 aromatic heterocycles. The van der Waals surface area contributed by atoms with Gasteiger partial charge in [0.25, 0.3) is 5.69 Å². The predicted octanol–water partition coefficient (Wildman–Crippen LogP) is 3.48. The first-order valence-corrected chi connectivity index (χ1v) is 6.44. The van der Waals surface area contributed by atoms with Crippen LogP contribution >= 0.6 is 0 Å². The van der Waals surface area contributed by atoms with Crippen molar-refractivity contribution < 1.29 is 14.4 Å². The molecule has 2 aromatic carbocycles. The summed E-state index contributed by atoms with van der Waals surface area (Å²) in [5, 5.41) is 23.0. The number of benzene rings is 2. The molecule has 110 valence electrons. The van der Waals surface area contributed by atoms with Gasteiger partial charge in [-0.15, -0.1) is 0 Å². The lowest BCUT2D eigenvalue weighted by Gasteiger charge is -2.16. The molecule has 2 aromatic rings. The summed E-state index contributed by atoms with van der Waals surface area (Å²) in [4.78, 5) is 10.3. The van der Waals surface area contributed by atoms with E-state index in [2.05, 4.69) is 5.32 Å². The van der Waals surface area contributed by atoms with Crippen molar-refractivity contribution in [2.45, 2.75) is 19.4 Å². The SMILES string of the molecule is CC(Cc1ccc(O)cc1)Nc1c(F)cccc1[N+](=O)[O-]. The molecule has 0 fully saturated rings. The van der Waals surface area contributed by atoms with Crippen molar-refractivity contribution in [1.82, 2.24) is 0 Å². The van der Waals surface area contributed by atoms with Gasteiger partial charge in [-0.25, -0.2) is 4.39 Å². The number of anilines is 1. The summed E-state index contributed by atoms with van der Waals surface area (Å²) >= 11 is 0. The normalized spacial score (nSPS) is 11.9. The minimum atomic E-state index is -0.651. The monoisotopic (exact) mass is 290 g/mol. The van der Waals surface area contributed by atoms with E-state index in [1.165, 1.54) is 18.2 Å². The van der Waals surface area contributed by atoms with Crippen LogP contribution in [0.3, 0.4) is 0 Å². The average molecular weight is 290 g/mol. The van der Waals surface area contributed by atoms with Gasteiger partial charge in [-0.3, -0.25) is 10.1 Å². The first-order valence-electron chi connectivity index (χ1n) is 6.44. The third-order valence-corrected chi connectivity index (χ3v) is 3.06. The first kappa shape index (κ1) is 14.8. The molecule has 0 aliphatic carbocycles. The number of aromatic hydroxyl groups is 1. The summed E-state index contributed by atoms with van der Waals surface area (Å²) in [6.45, 7) is 1.81. The Morgan fingerprint density at radius 2 is 1.95 bits per heavy atom. The van der Waals surface area contributed by atoms with Crippen LogP contribution < -0.4 is 5.32 Å². The molecule has 0 saturated carbocycles. The predicted molar refractivity (Wildman–Crippen MR) is 77.9 cm³/mol. The van der Waals surface area contributed by atoms with Crippen LogP contribution in [-0.2, 0) is 6.42 Å². The number of nitro benzene ring substituents is 1. The minimum absolute atomic E-state index is 0.103. The Bertz CT molecular complexity index is 644. The van der Waals surface area contributed by atoms with Gasteiger partial charge in [0.15, 0.2) is 5.82 Å². The third-order valence-electron chi connectivity index (χ3n) is 3.06. The van der Waals surface area contributed by atoms with E-state index < -0.39 is 10.7 Å². The number of rotatable bonds is 5. The van der Waals surface area contributed by atoms with Gasteiger partial charge in [0.2, 0.25) is 0 Å². The molecule has 21 heavy (non-hydrogen) atoms. The van der Waals surface area contributed by atoms with Gasteiger partial charge < -0.3 is 10.4 Å². The van der Waals surface area contributed by atoms with E-state index in [1.807, 2.05) is 6.92 Å². The van der Waals surface area contributed by atoms with Crippen molar-refractivity contribution in [3.63, 3.8) is 0 Å². The van der Waals surface area contributed by atoms with Crippen molar-refractivity contribution in [1.29, 1.82) is 0 Å². The highest BCUT2D eigenvalue weighted by atomic mass is 19.1. The van der Waals surface area contributed by atoms with Gasteiger partial charge >= 0.3 is 0 Å². The highest BCUT2D eigenvalue weighted by molar-refractivity contribution is 5.62. The maximum Gasteiger partial charge on any atom is 0.295 e. The summed E-state index contributed by atoms with van der Waals surface area (Å²) in [6, 6.07) is 10.2. The molecule has 0 aliphatic heterocycles. The van der Waals surface area contributed by atoms with Crippen molar-refractivity contribution in [2.75, 3.05) is 5.32 Å². The van der Waals surface area contributed by atoms with Crippen molar-refractivity contribution in [3.05, 3.63) is 64.0 Å². The van der Waals surface area contributed by atoms with E-state index in [1.54, 1.807) is 24.3 Å². The van der Waals surface area contributed by atoms with Crippen LogP contribution in [0.25, 0.3) is 0 Å². The number of hydrogen-bond acceptors (Lipinski definition) is 4. The molecule has 2 rings (SSSR count). The number of phenolic OH excluding ortho intramolecular Hbond substituents is 1. The smallest absolute Gasteiger partial charge is 0.295 e. The number of nitrogens with zero attached hydrogens (tertiary/aromatic N) is 1. The van der Waals surface area contributed by atoms with Crippen molar-refractivity contribution >= 4 is 11.4 Å². The molecular weight excluding hydrogens is 275 g/mol. The van der Waals surface area contributed by atoms with Gasteiger partial charge in [0, 0.05) is 12.1 Å². The molecule has 0 spiro atoms. The zero-order chi connectivity index (χ0) is 15.4. The quantitative estimate of drug-likeness (QED) is 0.653. The molecule has 5 nitrogen and oxygen atoms in total. The molecule has 1 unspecified atom stereocenters. The lowest BCUT2D eigenvalue weighted by Crippen LogP contribution is -2.19. The molecule has 0 saturated heterocycles. The van der Waals surface area contributed by atoms with E-state index in [-0.39, 0.29) is 23.2 Å². The second-order valence-corrected chi connectivity index (χ2v) is 4.81. The molecular formula is C15H15FN2O3. The standard InChI is InChI=1S/C15H15FN2O3/c1-10(9-11-5-7-12(19)8-6-11)17-15-13(16)3-2-4-14(15)18(20)21/h2-8,10,17,19H,9H2,1H3. The van der Waals surface area contributed by atoms with Crippen LogP contribution in [-0.4, -0.2) is 16.1 Å². The van der Waals surface area contributed by atoms with E-state index in [0.29, 0.717) is 6.42 Å². The largest absolute Gasteiger partial charge is 0.508 e. The Morgan fingerprint density at radius 3 is 2.57 bits per heavy atom. The van der Waals surface area contributed by atoms with Crippen LogP contribution in [0.2, 0.25) is 0 Å². The fraction of sp³-hybridized carbons (Fsp3) is 0.200. The van der Waals surface area contributed by atoms with Crippen molar-refractivity contribution in [3.8, 4) is 5.75 Å². The fourth-order valence-corrected chi connectivity index (χ4v) is 2.09. The Labute approximate surface area is 121 Å². The Morgan fingerprint density at radius 1 is 1.29 bits per heavy atom. The van der Waals surface area contributed by atoms with Crippen molar-refractivity contribution in [2.24, 2.45) is 0 Å². The molecule has 0 amide bonds. The van der Waals surface area contributed by atoms with Gasteiger partial charge in [0.05, 0.1) is 4.92 Å². The Hall–Kier alpha value is -2.63. The Kier molecular flexibility index (Phi) is 4.37. The van der Waals surface area contributed by atoms with Crippen LogP contribution in [0, 0.1) is 15.9 Å². The maximum atomic E-state index is 13.8. The topological polar surface area (TPSA) is 75.4 Å². The molecule has 0 bridgehead atoms. The lowest BCUT2D eigenvalue weighted by atomic mass is 10.1. The number of phenols is 1. The fourth-order valence-electron chi connectivity index (χ4n) is 2.09. The van der Waals surface area contributed by atoms with E-state index in [9.17, 15) is 19.6 Å². The number of nitrogens with one attached hydrogen (secondary N) is 1. The van der Waals surface area contributed by atoms with E-state index in [4.69, 9.17) is 0 Å². The van der Waals surface area contributed by atoms with Crippen LogP contribution in [0.15, 0.2) is 42.5 Å². The van der Waals surface area contributed by atoms with Crippen LogP contribution in [0.5, 0.6) is 5.75 Å². The molecule has 0 heterocycles. The number of nitro groups is 1. The lowest BCUT2D eigenvalue weighted by molar-refractivity contribution is -0.384. The second-order valence-electron chi connectivity index (χ2n) is 4.81. The average Bonchev–Trinajstić information content (AvgIpc) is 2.43. The summed E-state index contributed by atoms with van der Waals surface area (Å²) in [6.07, 6.45) is 0.547.